The number of nitrogens with one attached hydrogen (secondary N) is 1. The highest BCUT2D eigenvalue weighted by Gasteiger charge is 2.15. The molecular formula is C19H18N2O4. The molecule has 1 heterocycles. The number of methoxy groups -OCH3 is 1. The minimum atomic E-state index is -0.877. The fourth-order valence-corrected chi connectivity index (χ4v) is 2.72. The third-order valence-electron chi connectivity index (χ3n) is 3.95. The van der Waals surface area contributed by atoms with Crippen LogP contribution >= 0.6 is 0 Å². The van der Waals surface area contributed by atoms with Gasteiger partial charge in [-0.15, -0.1) is 0 Å². The highest BCUT2D eigenvalue weighted by atomic mass is 16.5. The Balaban J connectivity index is 1.99. The van der Waals surface area contributed by atoms with Crippen molar-refractivity contribution in [1.82, 2.24) is 4.57 Å². The second-order valence-corrected chi connectivity index (χ2v) is 5.60. The first-order valence-corrected chi connectivity index (χ1v) is 7.84. The molecule has 0 aliphatic heterocycles. The number of carbonyl (C=O) groups excluding carboxylic acids is 1. The lowest BCUT2D eigenvalue weighted by Crippen LogP contribution is -2.18. The first-order chi connectivity index (χ1) is 12.1. The van der Waals surface area contributed by atoms with Gasteiger partial charge in [-0.05, 0) is 42.3 Å². The fraction of sp³-hybridized carbons (Fsp3) is 0.158. The lowest BCUT2D eigenvalue weighted by atomic mass is 10.1. The lowest BCUT2D eigenvalue weighted by Gasteiger charge is -2.07. The zero-order valence-electron chi connectivity index (χ0n) is 13.7. The smallest absolute Gasteiger partial charge is 0.330 e. The Labute approximate surface area is 144 Å². The van der Waals surface area contributed by atoms with Crippen LogP contribution in [0, 0.1) is 0 Å². The number of aromatic nitrogens is 1. The Kier molecular flexibility index (Phi) is 4.70. The number of aryl methyl sites for hydroxylation is 1. The number of anilines is 1. The van der Waals surface area contributed by atoms with Crippen LogP contribution in [0.1, 0.15) is 12.0 Å². The molecule has 0 spiro atoms. The van der Waals surface area contributed by atoms with Crippen LogP contribution in [0.5, 0.6) is 5.75 Å². The van der Waals surface area contributed by atoms with Gasteiger partial charge in [0, 0.05) is 23.7 Å². The van der Waals surface area contributed by atoms with Crippen molar-refractivity contribution < 1.29 is 19.4 Å². The molecule has 2 aromatic carbocycles. The molecule has 0 fully saturated rings. The van der Waals surface area contributed by atoms with Crippen LogP contribution in [0.4, 0.5) is 10.5 Å². The molecule has 2 N–H and O–H groups in total. The van der Waals surface area contributed by atoms with Crippen molar-refractivity contribution in [2.75, 3.05) is 12.4 Å². The number of carboxylic acids is 1. The molecule has 0 radical (unpaired) electrons. The van der Waals surface area contributed by atoms with Crippen LogP contribution in [-0.2, 0) is 11.2 Å². The average molecular weight is 338 g/mol. The summed E-state index contributed by atoms with van der Waals surface area (Å²) in [7, 11) is 1.57. The van der Waals surface area contributed by atoms with E-state index in [4.69, 9.17) is 9.84 Å². The molecule has 0 aliphatic rings. The quantitative estimate of drug-likeness (QED) is 0.742. The van der Waals surface area contributed by atoms with Crippen molar-refractivity contribution in [3.8, 4) is 5.75 Å². The standard InChI is InChI=1S/C19H18N2O4/c1-25-15-8-9-17-16(11-15)13(7-10-18(22)23)12-21(17)19(24)20-14-5-3-2-4-6-14/h2-6,8-9,11-12H,7,10H2,1H3,(H,20,24)(H,22,23). The molecule has 0 bridgehead atoms. The third-order valence-corrected chi connectivity index (χ3v) is 3.95. The summed E-state index contributed by atoms with van der Waals surface area (Å²) in [6.45, 7) is 0. The molecule has 0 atom stereocenters. The van der Waals surface area contributed by atoms with Crippen molar-refractivity contribution in [3.05, 3.63) is 60.3 Å². The number of rotatable bonds is 5. The number of carbonyl (C=O) groups is 2. The van der Waals surface area contributed by atoms with Gasteiger partial charge in [0.05, 0.1) is 12.6 Å². The zero-order valence-corrected chi connectivity index (χ0v) is 13.7. The van der Waals surface area contributed by atoms with Crippen molar-refractivity contribution in [2.45, 2.75) is 12.8 Å². The number of carboxylic acid groups (broad SMARTS) is 1. The van der Waals surface area contributed by atoms with Crippen LogP contribution < -0.4 is 10.1 Å². The molecule has 3 aromatic rings. The molecule has 1 amide bonds. The van der Waals surface area contributed by atoms with Crippen LogP contribution in [0.15, 0.2) is 54.7 Å². The molecular weight excluding hydrogens is 320 g/mol. The predicted octanol–water partition coefficient (Wildman–Crippen LogP) is 3.75. The van der Waals surface area contributed by atoms with Crippen molar-refractivity contribution in [3.63, 3.8) is 0 Å². The minimum absolute atomic E-state index is 0.00335. The van der Waals surface area contributed by atoms with Gasteiger partial charge in [0.1, 0.15) is 5.75 Å². The van der Waals surface area contributed by atoms with Gasteiger partial charge in [-0.2, -0.15) is 0 Å². The highest BCUT2D eigenvalue weighted by molar-refractivity contribution is 6.00. The van der Waals surface area contributed by atoms with E-state index in [9.17, 15) is 9.59 Å². The maximum atomic E-state index is 12.6. The number of nitrogens with zero attached hydrogens (tertiary/aromatic N) is 1. The third kappa shape index (κ3) is 3.63. The maximum Gasteiger partial charge on any atom is 0.330 e. The van der Waals surface area contributed by atoms with Gasteiger partial charge >= 0.3 is 12.0 Å². The molecule has 0 unspecified atom stereocenters. The number of aliphatic carboxylic acids is 1. The topological polar surface area (TPSA) is 80.6 Å². The number of fused-ring (bicyclic) bond motifs is 1. The minimum Gasteiger partial charge on any atom is -0.497 e. The lowest BCUT2D eigenvalue weighted by molar-refractivity contribution is -0.136. The molecule has 0 saturated heterocycles. The molecule has 6 nitrogen and oxygen atoms in total. The van der Waals surface area contributed by atoms with Gasteiger partial charge in [-0.3, -0.25) is 9.36 Å². The van der Waals surface area contributed by atoms with Gasteiger partial charge in [-0.1, -0.05) is 18.2 Å². The molecule has 128 valence electrons. The second-order valence-electron chi connectivity index (χ2n) is 5.60. The Morgan fingerprint density at radius 1 is 1.16 bits per heavy atom. The summed E-state index contributed by atoms with van der Waals surface area (Å²) in [5, 5.41) is 12.6. The number of benzene rings is 2. The van der Waals surface area contributed by atoms with E-state index in [2.05, 4.69) is 5.32 Å². The van der Waals surface area contributed by atoms with Crippen LogP contribution in [0.25, 0.3) is 10.9 Å². The largest absolute Gasteiger partial charge is 0.497 e. The van der Waals surface area contributed by atoms with Crippen molar-refractivity contribution in [1.29, 1.82) is 0 Å². The van der Waals surface area contributed by atoms with Gasteiger partial charge in [0.15, 0.2) is 0 Å². The van der Waals surface area contributed by atoms with Crippen LogP contribution in [0.2, 0.25) is 0 Å². The van der Waals surface area contributed by atoms with Crippen molar-refractivity contribution >= 4 is 28.6 Å². The normalized spacial score (nSPS) is 10.6. The Morgan fingerprint density at radius 2 is 1.92 bits per heavy atom. The van der Waals surface area contributed by atoms with Gasteiger partial charge in [0.25, 0.3) is 0 Å². The summed E-state index contributed by atoms with van der Waals surface area (Å²) in [5.74, 6) is -0.220. The number of amides is 1. The summed E-state index contributed by atoms with van der Waals surface area (Å²) >= 11 is 0. The number of para-hydroxylation sites is 1. The molecule has 0 saturated carbocycles. The fourth-order valence-electron chi connectivity index (χ4n) is 2.72. The molecule has 0 aliphatic carbocycles. The van der Waals surface area contributed by atoms with E-state index in [1.807, 2.05) is 24.3 Å². The SMILES string of the molecule is COc1ccc2c(c1)c(CCC(=O)O)cn2C(=O)Nc1ccccc1. The van der Waals surface area contributed by atoms with E-state index < -0.39 is 5.97 Å². The zero-order chi connectivity index (χ0) is 17.8. The van der Waals surface area contributed by atoms with Gasteiger partial charge < -0.3 is 15.2 Å². The summed E-state index contributed by atoms with van der Waals surface area (Å²) < 4.78 is 6.74. The Bertz CT molecular complexity index is 916. The number of ether oxygens (including phenoxy) is 1. The van der Waals surface area contributed by atoms with Crippen molar-refractivity contribution in [2.24, 2.45) is 0 Å². The molecule has 25 heavy (non-hydrogen) atoms. The predicted molar refractivity (Wildman–Crippen MR) is 95.3 cm³/mol. The van der Waals surface area contributed by atoms with E-state index in [0.717, 1.165) is 10.9 Å². The number of hydrogen-bond donors (Lipinski definition) is 2. The molecule has 3 rings (SSSR count). The Morgan fingerprint density at radius 3 is 2.60 bits per heavy atom. The Hall–Kier alpha value is -3.28. The highest BCUT2D eigenvalue weighted by Crippen LogP contribution is 2.27. The van der Waals surface area contributed by atoms with E-state index in [1.54, 1.807) is 37.6 Å². The summed E-state index contributed by atoms with van der Waals surface area (Å²) in [6.07, 6.45) is 2.02. The summed E-state index contributed by atoms with van der Waals surface area (Å²) in [4.78, 5) is 23.5. The van der Waals surface area contributed by atoms with Gasteiger partial charge in [0.2, 0.25) is 0 Å². The molecule has 1 aromatic heterocycles. The maximum absolute atomic E-state index is 12.6. The van der Waals surface area contributed by atoms with E-state index in [0.29, 0.717) is 23.4 Å². The second kappa shape index (κ2) is 7.09. The van der Waals surface area contributed by atoms with E-state index >= 15 is 0 Å². The van der Waals surface area contributed by atoms with E-state index in [-0.39, 0.29) is 12.5 Å². The summed E-state index contributed by atoms with van der Waals surface area (Å²) in [5.41, 5.74) is 2.18. The van der Waals surface area contributed by atoms with Gasteiger partial charge in [-0.25, -0.2) is 4.79 Å². The van der Waals surface area contributed by atoms with Crippen LogP contribution in [0.3, 0.4) is 0 Å². The summed E-state index contributed by atoms with van der Waals surface area (Å²) in [6, 6.07) is 14.2. The molecule has 6 heteroatoms. The monoisotopic (exact) mass is 338 g/mol. The average Bonchev–Trinajstić information content (AvgIpc) is 2.98. The first-order valence-electron chi connectivity index (χ1n) is 7.84. The first kappa shape index (κ1) is 16.6. The van der Waals surface area contributed by atoms with Crippen LogP contribution in [-0.4, -0.2) is 28.8 Å². The number of hydrogen-bond acceptors (Lipinski definition) is 3. The van der Waals surface area contributed by atoms with E-state index in [1.165, 1.54) is 4.57 Å².